The lowest BCUT2D eigenvalue weighted by atomic mass is 9.96. The van der Waals surface area contributed by atoms with Crippen molar-refractivity contribution in [3.8, 4) is 0 Å². The quantitative estimate of drug-likeness (QED) is 0.534. The van der Waals surface area contributed by atoms with E-state index in [4.69, 9.17) is 27.9 Å². The van der Waals surface area contributed by atoms with E-state index in [0.717, 1.165) is 6.26 Å². The SMILES string of the molecule is CC(C)(C)OC(=O)N1CCc2c(cc(Cl)c(C(=O)NC(Cc3cccc(S(C)(=O)=O)c3)C(=O)O)c2Cl)C1. The molecule has 2 amide bonds. The summed E-state index contributed by atoms with van der Waals surface area (Å²) < 4.78 is 29.1. The van der Waals surface area contributed by atoms with Crippen LogP contribution >= 0.6 is 23.2 Å². The topological polar surface area (TPSA) is 130 Å². The molecule has 37 heavy (non-hydrogen) atoms. The van der Waals surface area contributed by atoms with Crippen molar-refractivity contribution in [2.75, 3.05) is 12.8 Å². The number of sulfone groups is 1. The predicted octanol–water partition coefficient (Wildman–Crippen LogP) is 4.12. The first kappa shape index (κ1) is 28.7. The van der Waals surface area contributed by atoms with Crippen molar-refractivity contribution in [2.24, 2.45) is 0 Å². The van der Waals surface area contributed by atoms with Gasteiger partial charge in [-0.2, -0.15) is 0 Å². The minimum absolute atomic E-state index is 0.00972. The van der Waals surface area contributed by atoms with Gasteiger partial charge in [-0.25, -0.2) is 18.0 Å². The number of carbonyl (C=O) groups is 3. The van der Waals surface area contributed by atoms with Crippen LogP contribution < -0.4 is 5.32 Å². The molecule has 0 saturated carbocycles. The fraction of sp³-hybridized carbons (Fsp3) is 0.400. The van der Waals surface area contributed by atoms with E-state index in [0.29, 0.717) is 29.7 Å². The molecule has 0 fully saturated rings. The summed E-state index contributed by atoms with van der Waals surface area (Å²) in [5.41, 5.74) is 1.01. The van der Waals surface area contributed by atoms with Crippen molar-refractivity contribution < 1.29 is 32.6 Å². The third-order valence-corrected chi connectivity index (χ3v) is 7.48. The van der Waals surface area contributed by atoms with Crippen molar-refractivity contribution in [3.63, 3.8) is 0 Å². The molecule has 1 atom stereocenters. The third-order valence-electron chi connectivity index (χ3n) is 5.65. The fourth-order valence-electron chi connectivity index (χ4n) is 3.91. The van der Waals surface area contributed by atoms with E-state index < -0.39 is 39.4 Å². The van der Waals surface area contributed by atoms with Crippen molar-refractivity contribution in [1.82, 2.24) is 10.2 Å². The summed E-state index contributed by atoms with van der Waals surface area (Å²) in [4.78, 5) is 39.0. The van der Waals surface area contributed by atoms with Gasteiger partial charge >= 0.3 is 12.1 Å². The Labute approximate surface area is 225 Å². The van der Waals surface area contributed by atoms with Gasteiger partial charge in [-0.1, -0.05) is 35.3 Å². The van der Waals surface area contributed by atoms with Crippen LogP contribution in [0.3, 0.4) is 0 Å². The van der Waals surface area contributed by atoms with E-state index >= 15 is 0 Å². The highest BCUT2D eigenvalue weighted by atomic mass is 35.5. The normalized spacial score (nSPS) is 14.5. The highest BCUT2D eigenvalue weighted by molar-refractivity contribution is 7.90. The van der Waals surface area contributed by atoms with Crippen LogP contribution in [0.1, 0.15) is 47.8 Å². The van der Waals surface area contributed by atoms with Crippen LogP contribution in [0.2, 0.25) is 10.0 Å². The molecule has 200 valence electrons. The number of fused-ring (bicyclic) bond motifs is 1. The molecule has 12 heteroatoms. The second kappa shape index (κ2) is 10.9. The first-order chi connectivity index (χ1) is 17.1. The number of nitrogens with zero attached hydrogens (tertiary/aromatic N) is 1. The van der Waals surface area contributed by atoms with Gasteiger partial charge in [0, 0.05) is 25.8 Å². The number of hydrogen-bond acceptors (Lipinski definition) is 6. The van der Waals surface area contributed by atoms with Crippen LogP contribution in [0.25, 0.3) is 0 Å². The summed E-state index contributed by atoms with van der Waals surface area (Å²) in [6.07, 6.45) is 0.771. The van der Waals surface area contributed by atoms with Gasteiger partial charge in [-0.15, -0.1) is 0 Å². The number of amides is 2. The number of aliphatic carboxylic acids is 1. The number of carboxylic acids is 1. The molecule has 0 spiro atoms. The van der Waals surface area contributed by atoms with Crippen LogP contribution in [-0.2, 0) is 38.8 Å². The second-order valence-electron chi connectivity index (χ2n) is 9.82. The largest absolute Gasteiger partial charge is 0.480 e. The number of benzene rings is 2. The zero-order valence-corrected chi connectivity index (χ0v) is 23.1. The van der Waals surface area contributed by atoms with Gasteiger partial charge in [0.25, 0.3) is 5.91 Å². The molecule has 1 aliphatic rings. The maximum absolute atomic E-state index is 13.1. The molecule has 1 heterocycles. The number of halogens is 2. The van der Waals surface area contributed by atoms with E-state index in [-0.39, 0.29) is 33.5 Å². The Kier molecular flexibility index (Phi) is 8.46. The van der Waals surface area contributed by atoms with Gasteiger partial charge in [0.1, 0.15) is 11.6 Å². The molecule has 3 rings (SSSR count). The molecule has 2 N–H and O–H groups in total. The molecular weight excluding hydrogens is 543 g/mol. The Balaban J connectivity index is 1.82. The number of carboxylic acid groups (broad SMARTS) is 1. The molecule has 1 unspecified atom stereocenters. The van der Waals surface area contributed by atoms with Crippen LogP contribution in [-0.4, -0.2) is 60.8 Å². The lowest BCUT2D eigenvalue weighted by Crippen LogP contribution is -2.43. The first-order valence-corrected chi connectivity index (χ1v) is 14.0. The molecule has 0 bridgehead atoms. The highest BCUT2D eigenvalue weighted by Gasteiger charge is 2.31. The van der Waals surface area contributed by atoms with E-state index in [1.807, 2.05) is 0 Å². The number of ether oxygens (including phenoxy) is 1. The highest BCUT2D eigenvalue weighted by Crippen LogP contribution is 2.35. The van der Waals surface area contributed by atoms with Crippen molar-refractivity contribution in [2.45, 2.75) is 56.7 Å². The Bertz CT molecular complexity index is 1350. The summed E-state index contributed by atoms with van der Waals surface area (Å²) >= 11 is 13.0. The average molecular weight is 571 g/mol. The van der Waals surface area contributed by atoms with Gasteiger partial charge in [0.2, 0.25) is 0 Å². The predicted molar refractivity (Wildman–Crippen MR) is 139 cm³/mol. The zero-order chi connectivity index (χ0) is 27.7. The van der Waals surface area contributed by atoms with E-state index in [2.05, 4.69) is 5.32 Å². The number of rotatable bonds is 6. The van der Waals surface area contributed by atoms with Crippen molar-refractivity contribution in [1.29, 1.82) is 0 Å². The van der Waals surface area contributed by atoms with Crippen LogP contribution in [0.5, 0.6) is 0 Å². The van der Waals surface area contributed by atoms with Crippen molar-refractivity contribution >= 4 is 51.0 Å². The van der Waals surface area contributed by atoms with Crippen LogP contribution in [0.4, 0.5) is 4.79 Å². The van der Waals surface area contributed by atoms with E-state index in [1.54, 1.807) is 32.9 Å². The lowest BCUT2D eigenvalue weighted by molar-refractivity contribution is -0.139. The molecule has 0 radical (unpaired) electrons. The maximum Gasteiger partial charge on any atom is 0.410 e. The van der Waals surface area contributed by atoms with Crippen LogP contribution in [0.15, 0.2) is 35.2 Å². The molecular formula is C25H28Cl2N2O7S. The number of carbonyl (C=O) groups excluding carboxylic acids is 2. The molecule has 2 aromatic carbocycles. The minimum atomic E-state index is -3.49. The summed E-state index contributed by atoms with van der Waals surface area (Å²) in [6.45, 7) is 5.83. The molecule has 2 aromatic rings. The monoisotopic (exact) mass is 570 g/mol. The molecule has 0 saturated heterocycles. The summed E-state index contributed by atoms with van der Waals surface area (Å²) in [5, 5.41) is 12.2. The summed E-state index contributed by atoms with van der Waals surface area (Å²) in [6, 6.07) is 6.03. The Hall–Kier alpha value is -2.82. The first-order valence-electron chi connectivity index (χ1n) is 11.4. The van der Waals surface area contributed by atoms with Crippen LogP contribution in [0, 0.1) is 0 Å². The molecule has 9 nitrogen and oxygen atoms in total. The summed E-state index contributed by atoms with van der Waals surface area (Å²) in [5.74, 6) is -2.09. The summed E-state index contributed by atoms with van der Waals surface area (Å²) in [7, 11) is -3.49. The minimum Gasteiger partial charge on any atom is -0.480 e. The Morgan fingerprint density at radius 2 is 1.86 bits per heavy atom. The van der Waals surface area contributed by atoms with Gasteiger partial charge in [0.05, 0.1) is 20.5 Å². The molecule has 0 aromatic heterocycles. The van der Waals surface area contributed by atoms with Crippen molar-refractivity contribution in [3.05, 3.63) is 62.6 Å². The molecule has 0 aliphatic carbocycles. The second-order valence-corrected chi connectivity index (χ2v) is 12.6. The van der Waals surface area contributed by atoms with Gasteiger partial charge in [0.15, 0.2) is 9.84 Å². The van der Waals surface area contributed by atoms with E-state index in [9.17, 15) is 27.9 Å². The van der Waals surface area contributed by atoms with Gasteiger partial charge in [-0.3, -0.25) is 4.79 Å². The van der Waals surface area contributed by atoms with E-state index in [1.165, 1.54) is 23.1 Å². The number of hydrogen-bond donors (Lipinski definition) is 2. The Morgan fingerprint density at radius 3 is 2.46 bits per heavy atom. The maximum atomic E-state index is 13.1. The van der Waals surface area contributed by atoms with Gasteiger partial charge < -0.3 is 20.1 Å². The third kappa shape index (κ3) is 7.15. The lowest BCUT2D eigenvalue weighted by Gasteiger charge is -2.32. The molecule has 1 aliphatic heterocycles. The average Bonchev–Trinajstić information content (AvgIpc) is 2.76. The smallest absolute Gasteiger partial charge is 0.410 e. The zero-order valence-electron chi connectivity index (χ0n) is 20.8. The fourth-order valence-corrected chi connectivity index (χ4v) is 5.37. The standard InChI is InChI=1S/C25H28Cl2N2O7S/c1-25(2,3)36-24(33)29-9-8-17-15(13-29)12-18(26)20(21(17)27)22(30)28-19(23(31)32)11-14-6-5-7-16(10-14)37(4,34)35/h5-7,10,12,19H,8-9,11,13H2,1-4H3,(H,28,30)(H,31,32). The van der Waals surface area contributed by atoms with Gasteiger partial charge in [-0.05, 0) is 62.1 Å². The number of nitrogens with one attached hydrogen (secondary N) is 1. The Morgan fingerprint density at radius 1 is 1.19 bits per heavy atom.